The number of benzene rings is 2. The van der Waals surface area contributed by atoms with Crippen LogP contribution < -0.4 is 9.16 Å². The van der Waals surface area contributed by atoms with E-state index in [1.165, 1.54) is 13.2 Å². The van der Waals surface area contributed by atoms with E-state index in [1.54, 1.807) is 19.3 Å². The first-order valence-corrected chi connectivity index (χ1v) is 12.6. The number of methoxy groups -OCH3 is 2. The summed E-state index contributed by atoms with van der Waals surface area (Å²) < 4.78 is 16.7. The molecule has 2 aromatic carbocycles. The molecular weight excluding hydrogens is 406 g/mol. The van der Waals surface area contributed by atoms with Crippen molar-refractivity contribution in [2.24, 2.45) is 0 Å². The Morgan fingerprint density at radius 3 is 2.39 bits per heavy atom. The largest absolute Gasteiger partial charge is 0.542 e. The van der Waals surface area contributed by atoms with Gasteiger partial charge in [0.1, 0.15) is 17.6 Å². The van der Waals surface area contributed by atoms with Crippen LogP contribution in [0.25, 0.3) is 6.08 Å². The molecule has 0 N–H and O–H groups in total. The van der Waals surface area contributed by atoms with Gasteiger partial charge in [0.05, 0.1) is 19.8 Å². The van der Waals surface area contributed by atoms with Crippen LogP contribution in [0.4, 0.5) is 0 Å². The van der Waals surface area contributed by atoms with Gasteiger partial charge in [-0.25, -0.2) is 4.79 Å². The zero-order chi connectivity index (χ0) is 23.0. The SMILES string of the molecule is COC(=O)/C=C/c1cccc(C[Si](Oc2ccc(OC)cc2C#N)(C(C)C)C(C)C)c1. The molecule has 0 aromatic heterocycles. The number of ether oxygens (including phenoxy) is 2. The molecule has 0 atom stereocenters. The van der Waals surface area contributed by atoms with Gasteiger partial charge in [-0.3, -0.25) is 0 Å². The van der Waals surface area contributed by atoms with Crippen LogP contribution in [0.1, 0.15) is 44.4 Å². The molecule has 0 fully saturated rings. The van der Waals surface area contributed by atoms with Crippen molar-refractivity contribution in [3.8, 4) is 17.6 Å². The molecule has 2 aromatic rings. The first-order valence-electron chi connectivity index (χ1n) is 10.4. The lowest BCUT2D eigenvalue weighted by Gasteiger charge is -2.39. The molecule has 6 heteroatoms. The van der Waals surface area contributed by atoms with Crippen molar-refractivity contribution in [3.05, 3.63) is 65.2 Å². The molecule has 0 unspecified atom stereocenters. The number of nitriles is 1. The zero-order valence-electron chi connectivity index (χ0n) is 19.1. The molecule has 2 rings (SSSR count). The summed E-state index contributed by atoms with van der Waals surface area (Å²) in [5.74, 6) is 0.861. The quantitative estimate of drug-likeness (QED) is 0.287. The number of nitrogens with zero attached hydrogens (tertiary/aromatic N) is 1. The fourth-order valence-electron chi connectivity index (χ4n) is 3.72. The molecular formula is C25H31NO4Si. The van der Waals surface area contributed by atoms with Crippen LogP contribution in [0, 0.1) is 11.3 Å². The lowest BCUT2D eigenvalue weighted by atomic mass is 10.1. The van der Waals surface area contributed by atoms with Crippen LogP contribution >= 0.6 is 0 Å². The number of esters is 1. The van der Waals surface area contributed by atoms with E-state index in [9.17, 15) is 10.1 Å². The Balaban J connectivity index is 2.43. The standard InChI is InChI=1S/C25H31NO4Si/c1-18(2)31(19(3)4,30-24-12-11-23(28-5)15-22(24)16-26)17-21-9-7-8-20(14-21)10-13-25(27)29-6/h7-15,18-19H,17H2,1-6H3/b13-10+. The van der Waals surface area contributed by atoms with Crippen LogP contribution in [-0.4, -0.2) is 28.5 Å². The topological polar surface area (TPSA) is 68.6 Å². The molecule has 0 radical (unpaired) electrons. The summed E-state index contributed by atoms with van der Waals surface area (Å²) >= 11 is 0. The van der Waals surface area contributed by atoms with E-state index in [4.69, 9.17) is 9.16 Å². The van der Waals surface area contributed by atoms with Crippen LogP contribution in [-0.2, 0) is 15.6 Å². The Hall–Kier alpha value is -3.04. The predicted octanol–water partition coefficient (Wildman–Crippen LogP) is 5.68. The number of carbonyl (C=O) groups is 1. The average molecular weight is 438 g/mol. The minimum absolute atomic E-state index is 0.315. The van der Waals surface area contributed by atoms with Gasteiger partial charge in [-0.05, 0) is 40.4 Å². The molecule has 0 heterocycles. The van der Waals surface area contributed by atoms with E-state index >= 15 is 0 Å². The van der Waals surface area contributed by atoms with Crippen molar-refractivity contribution >= 4 is 20.4 Å². The highest BCUT2D eigenvalue weighted by molar-refractivity contribution is 6.76. The molecule has 0 saturated carbocycles. The first-order chi connectivity index (χ1) is 14.7. The molecule has 0 aliphatic heterocycles. The maximum Gasteiger partial charge on any atom is 0.330 e. The van der Waals surface area contributed by atoms with Crippen molar-refractivity contribution in [2.45, 2.75) is 44.8 Å². The maximum absolute atomic E-state index is 11.4. The summed E-state index contributed by atoms with van der Waals surface area (Å²) in [5.41, 5.74) is 3.19. The molecule has 0 spiro atoms. The van der Waals surface area contributed by atoms with E-state index < -0.39 is 8.32 Å². The van der Waals surface area contributed by atoms with E-state index in [0.29, 0.717) is 28.1 Å². The van der Waals surface area contributed by atoms with Crippen molar-refractivity contribution in [2.75, 3.05) is 14.2 Å². The number of carbonyl (C=O) groups excluding carboxylic acids is 1. The normalized spacial score (nSPS) is 11.6. The number of hydrogen-bond acceptors (Lipinski definition) is 5. The summed E-state index contributed by atoms with van der Waals surface area (Å²) in [7, 11) is 0.555. The van der Waals surface area contributed by atoms with Crippen molar-refractivity contribution in [1.29, 1.82) is 5.26 Å². The summed E-state index contributed by atoms with van der Waals surface area (Å²) in [6.07, 6.45) is 3.17. The molecule has 5 nitrogen and oxygen atoms in total. The van der Waals surface area contributed by atoms with Crippen molar-refractivity contribution in [3.63, 3.8) is 0 Å². The lowest BCUT2D eigenvalue weighted by molar-refractivity contribution is -0.134. The molecule has 0 saturated heterocycles. The molecule has 0 amide bonds. The van der Waals surface area contributed by atoms with E-state index in [2.05, 4.69) is 50.6 Å². The maximum atomic E-state index is 11.4. The van der Waals surface area contributed by atoms with Crippen LogP contribution in [0.2, 0.25) is 11.1 Å². The van der Waals surface area contributed by atoms with E-state index in [0.717, 1.165) is 17.2 Å². The highest BCUT2D eigenvalue weighted by Gasteiger charge is 2.44. The third-order valence-corrected chi connectivity index (χ3v) is 11.1. The fraction of sp³-hybridized carbons (Fsp3) is 0.360. The van der Waals surface area contributed by atoms with Gasteiger partial charge < -0.3 is 13.9 Å². The van der Waals surface area contributed by atoms with Crippen LogP contribution in [0.3, 0.4) is 0 Å². The molecule has 31 heavy (non-hydrogen) atoms. The minimum atomic E-state index is -2.39. The van der Waals surface area contributed by atoms with Gasteiger partial charge in [0.15, 0.2) is 0 Å². The highest BCUT2D eigenvalue weighted by Crippen LogP contribution is 2.39. The molecule has 0 aliphatic rings. The summed E-state index contributed by atoms with van der Waals surface area (Å²) in [6.45, 7) is 8.79. The van der Waals surface area contributed by atoms with Gasteiger partial charge in [0.2, 0.25) is 0 Å². The van der Waals surface area contributed by atoms with Crippen LogP contribution in [0.5, 0.6) is 11.5 Å². The van der Waals surface area contributed by atoms with Gasteiger partial charge in [-0.2, -0.15) is 5.26 Å². The third-order valence-electron chi connectivity index (χ3n) is 5.61. The summed E-state index contributed by atoms with van der Waals surface area (Å²) in [6, 6.07) is 16.5. The Morgan fingerprint density at radius 2 is 1.81 bits per heavy atom. The van der Waals surface area contributed by atoms with Crippen molar-refractivity contribution in [1.82, 2.24) is 0 Å². The van der Waals surface area contributed by atoms with Crippen LogP contribution in [0.15, 0.2) is 48.5 Å². The van der Waals surface area contributed by atoms with E-state index in [1.807, 2.05) is 24.3 Å². The predicted molar refractivity (Wildman–Crippen MR) is 125 cm³/mol. The van der Waals surface area contributed by atoms with Gasteiger partial charge >= 0.3 is 5.97 Å². The van der Waals surface area contributed by atoms with E-state index in [-0.39, 0.29) is 5.97 Å². The fourth-order valence-corrected chi connectivity index (χ4v) is 7.86. The minimum Gasteiger partial charge on any atom is -0.542 e. The second kappa shape index (κ2) is 10.8. The van der Waals surface area contributed by atoms with Gasteiger partial charge in [0.25, 0.3) is 8.32 Å². The monoisotopic (exact) mass is 437 g/mol. The number of hydrogen-bond donors (Lipinski definition) is 0. The third kappa shape index (κ3) is 5.99. The summed E-state index contributed by atoms with van der Waals surface area (Å²) in [4.78, 5) is 11.4. The Kier molecular flexibility index (Phi) is 8.46. The zero-order valence-corrected chi connectivity index (χ0v) is 20.1. The Morgan fingerprint density at radius 1 is 1.10 bits per heavy atom. The smallest absolute Gasteiger partial charge is 0.330 e. The van der Waals surface area contributed by atoms with Crippen molar-refractivity contribution < 1.29 is 18.7 Å². The molecule has 164 valence electrons. The Bertz CT molecular complexity index is 968. The lowest BCUT2D eigenvalue weighted by Crippen LogP contribution is -2.50. The molecule has 0 aliphatic carbocycles. The van der Waals surface area contributed by atoms with Gasteiger partial charge in [-0.15, -0.1) is 0 Å². The Labute approximate surface area is 186 Å². The van der Waals surface area contributed by atoms with Gasteiger partial charge in [-0.1, -0.05) is 52.0 Å². The molecule has 0 bridgehead atoms. The summed E-state index contributed by atoms with van der Waals surface area (Å²) in [5, 5.41) is 9.65. The second-order valence-electron chi connectivity index (χ2n) is 8.12. The van der Waals surface area contributed by atoms with Gasteiger partial charge in [0, 0.05) is 18.2 Å². The second-order valence-corrected chi connectivity index (χ2v) is 12.9. The first kappa shape index (κ1) is 24.2. The highest BCUT2D eigenvalue weighted by atomic mass is 28.4. The average Bonchev–Trinajstić information content (AvgIpc) is 2.76. The number of rotatable bonds is 9.